The summed E-state index contributed by atoms with van der Waals surface area (Å²) in [4.78, 5) is 14.8. The Bertz CT molecular complexity index is 695. The van der Waals surface area contributed by atoms with Crippen molar-refractivity contribution in [2.24, 2.45) is 5.92 Å². The number of hydrogen-bond donors (Lipinski definition) is 0. The minimum absolute atomic E-state index is 0.0988. The van der Waals surface area contributed by atoms with Crippen LogP contribution < -0.4 is 0 Å². The Balaban J connectivity index is 1.90. The lowest BCUT2D eigenvalue weighted by atomic mass is 9.96. The van der Waals surface area contributed by atoms with Crippen molar-refractivity contribution in [2.45, 2.75) is 39.0 Å². The quantitative estimate of drug-likeness (QED) is 0.575. The number of rotatable bonds is 10. The molecule has 1 amide bonds. The van der Waals surface area contributed by atoms with E-state index in [-0.39, 0.29) is 17.6 Å². The second-order valence-corrected chi connectivity index (χ2v) is 9.24. The van der Waals surface area contributed by atoms with Crippen LogP contribution in [0.1, 0.15) is 38.2 Å². The third kappa shape index (κ3) is 6.47. The fourth-order valence-electron chi connectivity index (χ4n) is 3.45. The zero-order valence-electron chi connectivity index (χ0n) is 16.3. The van der Waals surface area contributed by atoms with E-state index in [4.69, 9.17) is 0 Å². The van der Waals surface area contributed by atoms with E-state index in [0.29, 0.717) is 45.4 Å². The van der Waals surface area contributed by atoms with E-state index in [1.165, 1.54) is 5.56 Å². The number of sulfonamides is 1. The second-order valence-electron chi connectivity index (χ2n) is 7.15. The van der Waals surface area contributed by atoms with E-state index in [9.17, 15) is 13.2 Å². The maximum absolute atomic E-state index is 12.9. The number of carbonyl (C=O) groups excluding carboxylic acids is 1. The van der Waals surface area contributed by atoms with E-state index >= 15 is 0 Å². The molecule has 2 rings (SSSR count). The number of amides is 1. The predicted molar refractivity (Wildman–Crippen MR) is 110 cm³/mol. The highest BCUT2D eigenvalue weighted by Gasteiger charge is 2.32. The molecule has 27 heavy (non-hydrogen) atoms. The summed E-state index contributed by atoms with van der Waals surface area (Å²) in [6, 6.07) is 10.1. The van der Waals surface area contributed by atoms with E-state index in [1.54, 1.807) is 10.4 Å². The Kier molecular flexibility index (Phi) is 8.51. The Morgan fingerprint density at radius 2 is 1.93 bits per heavy atom. The highest BCUT2D eigenvalue weighted by atomic mass is 32.2. The topological polar surface area (TPSA) is 57.7 Å². The third-order valence-corrected chi connectivity index (χ3v) is 7.08. The van der Waals surface area contributed by atoms with Gasteiger partial charge >= 0.3 is 0 Å². The molecule has 0 aliphatic carbocycles. The molecule has 1 saturated heterocycles. The van der Waals surface area contributed by atoms with E-state index in [0.717, 1.165) is 12.8 Å². The first-order valence-electron chi connectivity index (χ1n) is 9.89. The van der Waals surface area contributed by atoms with Gasteiger partial charge in [0.05, 0.1) is 5.75 Å². The van der Waals surface area contributed by atoms with Gasteiger partial charge in [0.25, 0.3) is 0 Å². The van der Waals surface area contributed by atoms with Gasteiger partial charge in [-0.05, 0) is 31.2 Å². The van der Waals surface area contributed by atoms with Gasteiger partial charge in [0.1, 0.15) is 0 Å². The van der Waals surface area contributed by atoms with Crippen molar-refractivity contribution in [1.82, 2.24) is 9.21 Å². The zero-order chi connectivity index (χ0) is 19.7. The van der Waals surface area contributed by atoms with Crippen molar-refractivity contribution in [3.63, 3.8) is 0 Å². The van der Waals surface area contributed by atoms with Crippen molar-refractivity contribution in [3.05, 3.63) is 48.6 Å². The molecule has 5 nitrogen and oxygen atoms in total. The Morgan fingerprint density at radius 3 is 2.52 bits per heavy atom. The van der Waals surface area contributed by atoms with Gasteiger partial charge in [0.2, 0.25) is 15.9 Å². The van der Waals surface area contributed by atoms with Gasteiger partial charge in [-0.15, -0.1) is 6.58 Å². The molecule has 6 heteroatoms. The van der Waals surface area contributed by atoms with Gasteiger partial charge in [0.15, 0.2) is 0 Å². The monoisotopic (exact) mass is 392 g/mol. The van der Waals surface area contributed by atoms with Crippen molar-refractivity contribution in [2.75, 3.05) is 31.9 Å². The molecule has 1 aliphatic rings. The van der Waals surface area contributed by atoms with Crippen LogP contribution in [-0.2, 0) is 21.2 Å². The maximum Gasteiger partial charge on any atom is 0.226 e. The Hall–Kier alpha value is -1.66. The van der Waals surface area contributed by atoms with Gasteiger partial charge in [-0.2, -0.15) is 0 Å². The molecule has 1 aliphatic heterocycles. The second kappa shape index (κ2) is 10.6. The number of unbranched alkanes of at least 4 members (excludes halogenated alkanes) is 1. The molecule has 1 aromatic carbocycles. The molecule has 1 heterocycles. The lowest BCUT2D eigenvalue weighted by Crippen LogP contribution is -2.45. The molecule has 1 fully saturated rings. The molecule has 1 aromatic rings. The Labute approximate surface area is 164 Å². The summed E-state index contributed by atoms with van der Waals surface area (Å²) < 4.78 is 26.2. The molecule has 0 bridgehead atoms. The molecule has 0 spiro atoms. The minimum atomic E-state index is -3.18. The molecule has 0 unspecified atom stereocenters. The lowest BCUT2D eigenvalue weighted by Gasteiger charge is -2.33. The average Bonchev–Trinajstić information content (AvgIpc) is 2.70. The van der Waals surface area contributed by atoms with Crippen LogP contribution in [-0.4, -0.2) is 55.5 Å². The van der Waals surface area contributed by atoms with Gasteiger partial charge in [-0.3, -0.25) is 4.79 Å². The summed E-state index contributed by atoms with van der Waals surface area (Å²) >= 11 is 0. The largest absolute Gasteiger partial charge is 0.338 e. The molecule has 0 N–H and O–H groups in total. The molecular weight excluding hydrogens is 360 g/mol. The standard InChI is InChI=1S/C21H32N2O3S/c1-3-5-18-27(25,26)23-16-12-20(13-17-23)21(24)22(14-4-2)15-11-19-9-7-6-8-10-19/h4,6-10,20H,2-3,5,11-18H2,1H3. The van der Waals surface area contributed by atoms with Gasteiger partial charge in [0, 0.05) is 32.1 Å². The fourth-order valence-corrected chi connectivity index (χ4v) is 5.13. The molecular formula is C21H32N2O3S. The summed E-state index contributed by atoms with van der Waals surface area (Å²) in [6.45, 7) is 7.84. The number of piperidine rings is 1. The minimum Gasteiger partial charge on any atom is -0.338 e. The summed E-state index contributed by atoms with van der Waals surface area (Å²) in [5.41, 5.74) is 1.20. The number of nitrogens with zero attached hydrogens (tertiary/aromatic N) is 2. The first kappa shape index (κ1) is 21.6. The maximum atomic E-state index is 12.9. The van der Waals surface area contributed by atoms with Crippen molar-refractivity contribution in [1.29, 1.82) is 0 Å². The summed E-state index contributed by atoms with van der Waals surface area (Å²) in [6.07, 6.45) is 5.32. The van der Waals surface area contributed by atoms with Crippen LogP contribution in [0.5, 0.6) is 0 Å². The van der Waals surface area contributed by atoms with Crippen LogP contribution in [0, 0.1) is 5.92 Å². The average molecular weight is 393 g/mol. The first-order valence-corrected chi connectivity index (χ1v) is 11.5. The van der Waals surface area contributed by atoms with Gasteiger partial charge in [-0.1, -0.05) is 49.8 Å². The highest BCUT2D eigenvalue weighted by molar-refractivity contribution is 7.89. The van der Waals surface area contributed by atoms with Crippen molar-refractivity contribution in [3.8, 4) is 0 Å². The summed E-state index contributed by atoms with van der Waals surface area (Å²) in [7, 11) is -3.18. The van der Waals surface area contributed by atoms with Crippen LogP contribution >= 0.6 is 0 Å². The lowest BCUT2D eigenvalue weighted by molar-refractivity contribution is -0.136. The molecule has 150 valence electrons. The van der Waals surface area contributed by atoms with Crippen molar-refractivity contribution < 1.29 is 13.2 Å². The highest BCUT2D eigenvalue weighted by Crippen LogP contribution is 2.22. The summed E-state index contributed by atoms with van der Waals surface area (Å²) in [5.74, 6) is 0.233. The van der Waals surface area contributed by atoms with Crippen LogP contribution in [0.4, 0.5) is 0 Å². The van der Waals surface area contributed by atoms with Crippen LogP contribution in [0.25, 0.3) is 0 Å². The number of carbonyl (C=O) groups is 1. The van der Waals surface area contributed by atoms with Crippen molar-refractivity contribution >= 4 is 15.9 Å². The SMILES string of the molecule is C=CCN(CCc1ccccc1)C(=O)C1CCN(S(=O)(=O)CCCC)CC1. The predicted octanol–water partition coefficient (Wildman–Crippen LogP) is 3.09. The molecule has 0 atom stereocenters. The van der Waals surface area contributed by atoms with E-state index in [2.05, 4.69) is 18.7 Å². The van der Waals surface area contributed by atoms with Crippen LogP contribution in [0.2, 0.25) is 0 Å². The van der Waals surface area contributed by atoms with Crippen LogP contribution in [0.15, 0.2) is 43.0 Å². The van der Waals surface area contributed by atoms with Gasteiger partial charge < -0.3 is 4.90 Å². The molecule has 0 aromatic heterocycles. The first-order chi connectivity index (χ1) is 13.0. The third-order valence-electron chi connectivity index (χ3n) is 5.13. The molecule has 0 saturated carbocycles. The zero-order valence-corrected chi connectivity index (χ0v) is 17.2. The van der Waals surface area contributed by atoms with E-state index in [1.807, 2.05) is 30.0 Å². The smallest absolute Gasteiger partial charge is 0.226 e. The Morgan fingerprint density at radius 1 is 1.26 bits per heavy atom. The number of benzene rings is 1. The van der Waals surface area contributed by atoms with E-state index < -0.39 is 10.0 Å². The normalized spacial score (nSPS) is 16.2. The van der Waals surface area contributed by atoms with Gasteiger partial charge in [-0.25, -0.2) is 12.7 Å². The molecule has 0 radical (unpaired) electrons. The summed E-state index contributed by atoms with van der Waals surface area (Å²) in [5, 5.41) is 0. The fraction of sp³-hybridized carbons (Fsp3) is 0.571. The number of hydrogen-bond acceptors (Lipinski definition) is 3. The van der Waals surface area contributed by atoms with Crippen LogP contribution in [0.3, 0.4) is 0 Å².